The summed E-state index contributed by atoms with van der Waals surface area (Å²) in [7, 11) is 3.81. The van der Waals surface area contributed by atoms with Crippen molar-refractivity contribution in [1.29, 1.82) is 0 Å². The Hall–Kier alpha value is -2.44. The molecule has 30 heavy (non-hydrogen) atoms. The van der Waals surface area contributed by atoms with Gasteiger partial charge in [0, 0.05) is 30.2 Å². The van der Waals surface area contributed by atoms with Gasteiger partial charge in [-0.3, -0.25) is 0 Å². The Morgan fingerprint density at radius 2 is 2.00 bits per heavy atom. The maximum atomic E-state index is 12.7. The van der Waals surface area contributed by atoms with Crippen molar-refractivity contribution >= 4 is 51.1 Å². The number of nitrogens with zero attached hydrogens (tertiary/aromatic N) is 3. The topological polar surface area (TPSA) is 54.8 Å². The number of rotatable bonds is 5. The number of thiophene rings is 1. The average Bonchev–Trinajstić information content (AvgIpc) is 3.09. The predicted octanol–water partition coefficient (Wildman–Crippen LogP) is 5.89. The van der Waals surface area contributed by atoms with E-state index in [2.05, 4.69) is 0 Å². The average molecular weight is 442 g/mol. The molecule has 2 heterocycles. The van der Waals surface area contributed by atoms with E-state index < -0.39 is 0 Å². The highest BCUT2D eigenvalue weighted by Gasteiger charge is 2.27. The van der Waals surface area contributed by atoms with E-state index in [9.17, 15) is 4.79 Å². The summed E-state index contributed by atoms with van der Waals surface area (Å²) in [4.78, 5) is 25.6. The first-order chi connectivity index (χ1) is 14.5. The van der Waals surface area contributed by atoms with E-state index in [0.29, 0.717) is 22.2 Å². The number of ether oxygens (including phenoxy) is 1. The Kier molecular flexibility index (Phi) is 6.06. The summed E-state index contributed by atoms with van der Waals surface area (Å²) >= 11 is 7.52. The lowest BCUT2D eigenvalue weighted by molar-refractivity contribution is 0.0533. The number of carbonyl (C=O) groups is 1. The molecule has 1 aliphatic rings. The van der Waals surface area contributed by atoms with Crippen molar-refractivity contribution in [3.63, 3.8) is 0 Å². The van der Waals surface area contributed by atoms with E-state index >= 15 is 0 Å². The standard InChI is InChI=1S/C23H24ClN3O2S/c1-4-29-23(28)21-20(25-13-27(2)3)19-18(14-9-11-15(24)12-10-14)16-7-5-6-8-17(16)26-22(19)30-21/h9-13H,4-8H2,1-3H3. The normalized spacial score (nSPS) is 13.6. The van der Waals surface area contributed by atoms with Gasteiger partial charge in [0.2, 0.25) is 0 Å². The zero-order valence-electron chi connectivity index (χ0n) is 17.4. The molecule has 5 nitrogen and oxygen atoms in total. The van der Waals surface area contributed by atoms with Crippen LogP contribution in [-0.2, 0) is 17.6 Å². The molecule has 0 fully saturated rings. The summed E-state index contributed by atoms with van der Waals surface area (Å²) in [6.45, 7) is 2.13. The van der Waals surface area contributed by atoms with Crippen molar-refractivity contribution < 1.29 is 9.53 Å². The van der Waals surface area contributed by atoms with Gasteiger partial charge in [0.25, 0.3) is 0 Å². The van der Waals surface area contributed by atoms with E-state index in [1.54, 1.807) is 6.34 Å². The molecule has 1 aliphatic carbocycles. The molecule has 0 unspecified atom stereocenters. The highest BCUT2D eigenvalue weighted by molar-refractivity contribution is 7.21. The fourth-order valence-corrected chi connectivity index (χ4v) is 5.01. The number of fused-ring (bicyclic) bond motifs is 2. The van der Waals surface area contributed by atoms with Crippen LogP contribution in [0.2, 0.25) is 5.02 Å². The second-order valence-electron chi connectivity index (χ2n) is 7.51. The maximum absolute atomic E-state index is 12.7. The van der Waals surface area contributed by atoms with Crippen molar-refractivity contribution in [3.8, 4) is 11.1 Å². The van der Waals surface area contributed by atoms with Crippen LogP contribution in [0.25, 0.3) is 21.3 Å². The molecule has 156 valence electrons. The van der Waals surface area contributed by atoms with Crippen LogP contribution >= 0.6 is 22.9 Å². The monoisotopic (exact) mass is 441 g/mol. The molecular weight excluding hydrogens is 418 g/mol. The van der Waals surface area contributed by atoms with Gasteiger partial charge >= 0.3 is 5.97 Å². The van der Waals surface area contributed by atoms with E-state index in [-0.39, 0.29) is 5.97 Å². The van der Waals surface area contributed by atoms with E-state index in [0.717, 1.165) is 52.7 Å². The molecule has 1 aromatic carbocycles. The molecule has 3 aromatic rings. The lowest BCUT2D eigenvalue weighted by atomic mass is 9.87. The molecule has 0 atom stereocenters. The predicted molar refractivity (Wildman–Crippen MR) is 125 cm³/mol. The van der Waals surface area contributed by atoms with Gasteiger partial charge in [-0.25, -0.2) is 14.8 Å². The Bertz CT molecular complexity index is 1120. The molecule has 7 heteroatoms. The number of esters is 1. The number of hydrogen-bond acceptors (Lipinski definition) is 5. The first kappa shape index (κ1) is 20.8. The summed E-state index contributed by atoms with van der Waals surface area (Å²) < 4.78 is 5.33. The zero-order valence-corrected chi connectivity index (χ0v) is 18.9. The number of aliphatic imine (C=N–C) groups is 1. The van der Waals surface area contributed by atoms with Crippen LogP contribution in [0.4, 0.5) is 5.69 Å². The first-order valence-corrected chi connectivity index (χ1v) is 11.3. The third-order valence-corrected chi connectivity index (χ3v) is 6.41. The van der Waals surface area contributed by atoms with E-state index in [1.165, 1.54) is 16.9 Å². The molecule has 0 amide bonds. The number of pyridine rings is 1. The quantitative estimate of drug-likeness (QED) is 0.281. The van der Waals surface area contributed by atoms with Crippen LogP contribution in [0.3, 0.4) is 0 Å². The molecule has 0 aliphatic heterocycles. The molecule has 0 saturated carbocycles. The van der Waals surface area contributed by atoms with Crippen LogP contribution in [0.1, 0.15) is 40.7 Å². The van der Waals surface area contributed by atoms with Crippen molar-refractivity contribution in [2.75, 3.05) is 20.7 Å². The zero-order chi connectivity index (χ0) is 21.3. The first-order valence-electron chi connectivity index (χ1n) is 10.1. The van der Waals surface area contributed by atoms with Crippen LogP contribution in [-0.4, -0.2) is 42.9 Å². The molecule has 4 rings (SSSR count). The minimum Gasteiger partial charge on any atom is -0.462 e. The van der Waals surface area contributed by atoms with Gasteiger partial charge in [0.15, 0.2) is 0 Å². The van der Waals surface area contributed by atoms with Crippen molar-refractivity contribution in [1.82, 2.24) is 9.88 Å². The summed E-state index contributed by atoms with van der Waals surface area (Å²) in [5.41, 5.74) is 5.19. The summed E-state index contributed by atoms with van der Waals surface area (Å²) in [6, 6.07) is 7.87. The van der Waals surface area contributed by atoms with Crippen LogP contribution in [0.15, 0.2) is 29.3 Å². The maximum Gasteiger partial charge on any atom is 0.350 e. The molecule has 0 radical (unpaired) electrons. The third kappa shape index (κ3) is 3.94. The molecule has 0 saturated heterocycles. The van der Waals surface area contributed by atoms with Crippen LogP contribution < -0.4 is 0 Å². The van der Waals surface area contributed by atoms with Crippen LogP contribution in [0, 0.1) is 0 Å². The highest BCUT2D eigenvalue weighted by atomic mass is 35.5. The summed E-state index contributed by atoms with van der Waals surface area (Å²) in [6.07, 6.45) is 5.90. The van der Waals surface area contributed by atoms with Crippen molar-refractivity contribution in [2.45, 2.75) is 32.6 Å². The van der Waals surface area contributed by atoms with Gasteiger partial charge in [0.1, 0.15) is 15.4 Å². The Morgan fingerprint density at radius 1 is 1.27 bits per heavy atom. The largest absolute Gasteiger partial charge is 0.462 e. The van der Waals surface area contributed by atoms with E-state index in [1.807, 2.05) is 50.2 Å². The van der Waals surface area contributed by atoms with Gasteiger partial charge < -0.3 is 9.64 Å². The Morgan fingerprint density at radius 3 is 2.70 bits per heavy atom. The van der Waals surface area contributed by atoms with Crippen LogP contribution in [0.5, 0.6) is 0 Å². The molecule has 0 N–H and O–H groups in total. The summed E-state index contributed by atoms with van der Waals surface area (Å²) in [5.74, 6) is -0.355. The third-order valence-electron chi connectivity index (χ3n) is 5.10. The lowest BCUT2D eigenvalue weighted by Crippen LogP contribution is -2.08. The molecule has 2 aromatic heterocycles. The summed E-state index contributed by atoms with van der Waals surface area (Å²) in [5, 5.41) is 1.62. The number of carbonyl (C=O) groups excluding carboxylic acids is 1. The second kappa shape index (κ2) is 8.74. The van der Waals surface area contributed by atoms with Gasteiger partial charge in [-0.15, -0.1) is 11.3 Å². The number of hydrogen-bond donors (Lipinski definition) is 0. The van der Waals surface area contributed by atoms with Gasteiger partial charge in [-0.05, 0) is 61.4 Å². The second-order valence-corrected chi connectivity index (χ2v) is 8.95. The van der Waals surface area contributed by atoms with Crippen molar-refractivity contribution in [2.24, 2.45) is 4.99 Å². The molecule has 0 spiro atoms. The smallest absolute Gasteiger partial charge is 0.350 e. The number of aromatic nitrogens is 1. The number of halogens is 1. The van der Waals surface area contributed by atoms with Gasteiger partial charge in [-0.1, -0.05) is 23.7 Å². The SMILES string of the molecule is CCOC(=O)c1sc2nc3c(c(-c4ccc(Cl)cc4)c2c1N=CN(C)C)CCCC3. The highest BCUT2D eigenvalue weighted by Crippen LogP contribution is 2.46. The Labute approximate surface area is 185 Å². The van der Waals surface area contributed by atoms with Crippen molar-refractivity contribution in [3.05, 3.63) is 45.4 Å². The minimum absolute atomic E-state index is 0.317. The molecule has 0 bridgehead atoms. The number of benzene rings is 1. The van der Waals surface area contributed by atoms with E-state index in [4.69, 9.17) is 26.3 Å². The Balaban J connectivity index is 2.07. The van der Waals surface area contributed by atoms with Gasteiger partial charge in [-0.2, -0.15) is 0 Å². The fraction of sp³-hybridized carbons (Fsp3) is 0.348. The fourth-order valence-electron chi connectivity index (χ4n) is 3.84. The number of aryl methyl sites for hydroxylation is 1. The lowest BCUT2D eigenvalue weighted by Gasteiger charge is -2.20. The van der Waals surface area contributed by atoms with Gasteiger partial charge in [0.05, 0.1) is 12.9 Å². The molecular formula is C23H24ClN3O2S. The minimum atomic E-state index is -0.355.